The molecule has 0 saturated heterocycles. The number of rotatable bonds is 3. The van der Waals surface area contributed by atoms with Crippen molar-refractivity contribution in [2.24, 2.45) is 0 Å². The van der Waals surface area contributed by atoms with Crippen molar-refractivity contribution >= 4 is 11.5 Å². The Bertz CT molecular complexity index is 473. The quantitative estimate of drug-likeness (QED) is 0.857. The molecule has 0 saturated carbocycles. The number of anilines is 2. The normalized spacial score (nSPS) is 10.8. The van der Waals surface area contributed by atoms with Gasteiger partial charge in [-0.1, -0.05) is 6.07 Å². The minimum atomic E-state index is 0.375. The molecular formula is C12H16N4. The van der Waals surface area contributed by atoms with Crippen molar-refractivity contribution in [2.45, 2.75) is 26.8 Å². The zero-order valence-electron chi connectivity index (χ0n) is 9.81. The Hall–Kier alpha value is -1.84. The van der Waals surface area contributed by atoms with E-state index in [2.05, 4.69) is 29.2 Å². The summed E-state index contributed by atoms with van der Waals surface area (Å²) in [5.41, 5.74) is 2.09. The second-order valence-corrected chi connectivity index (χ2v) is 4.10. The summed E-state index contributed by atoms with van der Waals surface area (Å²) in [4.78, 5) is 4.28. The van der Waals surface area contributed by atoms with Crippen molar-refractivity contribution in [1.29, 1.82) is 0 Å². The van der Waals surface area contributed by atoms with Gasteiger partial charge in [0.15, 0.2) is 0 Å². The first-order valence-corrected chi connectivity index (χ1v) is 5.39. The molecule has 0 aliphatic rings. The van der Waals surface area contributed by atoms with Crippen molar-refractivity contribution in [2.75, 3.05) is 5.32 Å². The lowest BCUT2D eigenvalue weighted by Crippen LogP contribution is -2.00. The first kappa shape index (κ1) is 10.7. The van der Waals surface area contributed by atoms with Crippen LogP contribution < -0.4 is 5.32 Å². The molecular weight excluding hydrogens is 200 g/mol. The lowest BCUT2D eigenvalue weighted by molar-refractivity contribution is 0.532. The fraction of sp³-hybridized carbons (Fsp3) is 0.333. The summed E-state index contributed by atoms with van der Waals surface area (Å²) in [5, 5.41) is 7.52. The first-order valence-electron chi connectivity index (χ1n) is 5.39. The van der Waals surface area contributed by atoms with Crippen molar-refractivity contribution in [3.63, 3.8) is 0 Å². The number of aryl methyl sites for hydroxylation is 1. The lowest BCUT2D eigenvalue weighted by atomic mass is 10.3. The van der Waals surface area contributed by atoms with Crippen LogP contribution in [0.25, 0.3) is 0 Å². The predicted molar refractivity (Wildman–Crippen MR) is 64.9 cm³/mol. The maximum atomic E-state index is 4.28. The molecule has 0 amide bonds. The summed E-state index contributed by atoms with van der Waals surface area (Å²) >= 11 is 0. The first-order chi connectivity index (χ1) is 7.66. The number of hydrogen-bond acceptors (Lipinski definition) is 3. The second kappa shape index (κ2) is 4.35. The van der Waals surface area contributed by atoms with E-state index < -0.39 is 0 Å². The number of pyridine rings is 1. The van der Waals surface area contributed by atoms with Gasteiger partial charge >= 0.3 is 0 Å². The molecule has 4 heteroatoms. The highest BCUT2D eigenvalue weighted by atomic mass is 15.3. The van der Waals surface area contributed by atoms with Gasteiger partial charge in [0.05, 0.1) is 11.9 Å². The van der Waals surface area contributed by atoms with Gasteiger partial charge in [-0.15, -0.1) is 0 Å². The average molecular weight is 216 g/mol. The van der Waals surface area contributed by atoms with E-state index in [0.717, 1.165) is 17.1 Å². The van der Waals surface area contributed by atoms with Crippen LogP contribution in [0.3, 0.4) is 0 Å². The zero-order chi connectivity index (χ0) is 11.5. The van der Waals surface area contributed by atoms with Crippen molar-refractivity contribution in [3.05, 3.63) is 36.3 Å². The minimum absolute atomic E-state index is 0.375. The van der Waals surface area contributed by atoms with Crippen LogP contribution in [0, 0.1) is 6.92 Å². The van der Waals surface area contributed by atoms with Gasteiger partial charge in [0.1, 0.15) is 5.82 Å². The third-order valence-electron chi connectivity index (χ3n) is 2.40. The Morgan fingerprint density at radius 1 is 1.38 bits per heavy atom. The molecule has 0 fully saturated rings. The van der Waals surface area contributed by atoms with Crippen LogP contribution >= 0.6 is 0 Å². The maximum absolute atomic E-state index is 4.28. The minimum Gasteiger partial charge on any atom is -0.337 e. The molecule has 0 bridgehead atoms. The van der Waals surface area contributed by atoms with Crippen LogP contribution in [0.2, 0.25) is 0 Å². The molecule has 1 N–H and O–H groups in total. The van der Waals surface area contributed by atoms with Crippen molar-refractivity contribution in [3.8, 4) is 0 Å². The number of aromatic nitrogens is 3. The molecule has 0 radical (unpaired) electrons. The van der Waals surface area contributed by atoms with Gasteiger partial charge in [-0.2, -0.15) is 5.10 Å². The van der Waals surface area contributed by atoms with Crippen LogP contribution in [0.5, 0.6) is 0 Å². The van der Waals surface area contributed by atoms with E-state index in [1.807, 2.05) is 36.1 Å². The lowest BCUT2D eigenvalue weighted by Gasteiger charge is -2.06. The smallest absolute Gasteiger partial charge is 0.133 e. The topological polar surface area (TPSA) is 42.7 Å². The second-order valence-electron chi connectivity index (χ2n) is 4.10. The summed E-state index contributed by atoms with van der Waals surface area (Å²) in [6.45, 7) is 6.23. The summed E-state index contributed by atoms with van der Waals surface area (Å²) in [6, 6.07) is 4.33. The van der Waals surface area contributed by atoms with Gasteiger partial charge in [0.25, 0.3) is 0 Å². The zero-order valence-corrected chi connectivity index (χ0v) is 9.81. The third kappa shape index (κ3) is 2.21. The van der Waals surface area contributed by atoms with E-state index in [9.17, 15) is 0 Å². The van der Waals surface area contributed by atoms with Crippen LogP contribution in [-0.4, -0.2) is 14.8 Å². The molecule has 0 aliphatic carbocycles. The third-order valence-corrected chi connectivity index (χ3v) is 2.40. The van der Waals surface area contributed by atoms with Crippen LogP contribution in [0.1, 0.15) is 25.5 Å². The molecule has 4 nitrogen and oxygen atoms in total. The van der Waals surface area contributed by atoms with E-state index in [1.165, 1.54) is 0 Å². The molecule has 0 atom stereocenters. The van der Waals surface area contributed by atoms with E-state index in [0.29, 0.717) is 6.04 Å². The van der Waals surface area contributed by atoms with Gasteiger partial charge in [-0.25, -0.2) is 4.98 Å². The molecule has 0 aliphatic heterocycles. The highest BCUT2D eigenvalue weighted by molar-refractivity contribution is 5.57. The van der Waals surface area contributed by atoms with Gasteiger partial charge in [0.2, 0.25) is 0 Å². The highest BCUT2D eigenvalue weighted by Gasteiger charge is 2.03. The number of nitrogens with one attached hydrogen (secondary N) is 1. The van der Waals surface area contributed by atoms with Gasteiger partial charge in [0, 0.05) is 18.4 Å². The Kier molecular flexibility index (Phi) is 2.90. The Balaban J connectivity index is 2.18. The molecule has 2 rings (SSSR count). The maximum Gasteiger partial charge on any atom is 0.133 e. The number of hydrogen-bond donors (Lipinski definition) is 1. The standard InChI is InChI=1S/C12H16N4/c1-9(2)16-8-11(7-14-16)15-12-10(3)5-4-6-13-12/h4-9H,1-3H3,(H,13,15). The molecule has 2 heterocycles. The number of nitrogens with zero attached hydrogens (tertiary/aromatic N) is 3. The van der Waals surface area contributed by atoms with Gasteiger partial charge < -0.3 is 5.32 Å². The van der Waals surface area contributed by atoms with Crippen molar-refractivity contribution in [1.82, 2.24) is 14.8 Å². The molecule has 16 heavy (non-hydrogen) atoms. The van der Waals surface area contributed by atoms with Gasteiger partial charge in [-0.05, 0) is 32.4 Å². The summed E-state index contributed by atoms with van der Waals surface area (Å²) in [6.07, 6.45) is 5.58. The largest absolute Gasteiger partial charge is 0.337 e. The summed E-state index contributed by atoms with van der Waals surface area (Å²) in [5.74, 6) is 0.880. The molecule has 2 aromatic rings. The van der Waals surface area contributed by atoms with Gasteiger partial charge in [-0.3, -0.25) is 4.68 Å². The molecule has 0 unspecified atom stereocenters. The van der Waals surface area contributed by atoms with E-state index in [-0.39, 0.29) is 0 Å². The fourth-order valence-corrected chi connectivity index (χ4v) is 1.44. The fourth-order valence-electron chi connectivity index (χ4n) is 1.44. The Labute approximate surface area is 95.3 Å². The van der Waals surface area contributed by atoms with Crippen LogP contribution in [0.4, 0.5) is 11.5 Å². The predicted octanol–water partition coefficient (Wildman–Crippen LogP) is 2.91. The molecule has 84 valence electrons. The SMILES string of the molecule is Cc1cccnc1Nc1cnn(C(C)C)c1. The highest BCUT2D eigenvalue weighted by Crippen LogP contribution is 2.17. The Morgan fingerprint density at radius 2 is 2.19 bits per heavy atom. The molecule has 0 spiro atoms. The van der Waals surface area contributed by atoms with E-state index in [1.54, 1.807) is 6.20 Å². The Morgan fingerprint density at radius 3 is 2.81 bits per heavy atom. The monoisotopic (exact) mass is 216 g/mol. The average Bonchev–Trinajstić information content (AvgIpc) is 2.70. The van der Waals surface area contributed by atoms with Crippen LogP contribution in [0.15, 0.2) is 30.7 Å². The summed E-state index contributed by atoms with van der Waals surface area (Å²) in [7, 11) is 0. The summed E-state index contributed by atoms with van der Waals surface area (Å²) < 4.78 is 1.92. The van der Waals surface area contributed by atoms with Crippen molar-refractivity contribution < 1.29 is 0 Å². The van der Waals surface area contributed by atoms with Crippen LogP contribution in [-0.2, 0) is 0 Å². The molecule has 0 aromatic carbocycles. The van der Waals surface area contributed by atoms with E-state index in [4.69, 9.17) is 0 Å². The van der Waals surface area contributed by atoms with E-state index >= 15 is 0 Å². The molecule has 2 aromatic heterocycles.